The Morgan fingerprint density at radius 1 is 0.923 bits per heavy atom. The highest BCUT2D eigenvalue weighted by molar-refractivity contribution is 6.36. The molecule has 0 aliphatic rings. The predicted molar refractivity (Wildman–Crippen MR) is 106 cm³/mol. The van der Waals surface area contributed by atoms with E-state index in [1.54, 1.807) is 30.3 Å². The summed E-state index contributed by atoms with van der Waals surface area (Å²) in [4.78, 5) is 24.6. The van der Waals surface area contributed by atoms with E-state index in [0.717, 1.165) is 5.56 Å². The minimum atomic E-state index is -0.376. The zero-order valence-electron chi connectivity index (χ0n) is 13.4. The lowest BCUT2D eigenvalue weighted by Gasteiger charge is -2.10. The van der Waals surface area contributed by atoms with E-state index in [2.05, 4.69) is 5.32 Å². The molecule has 132 valence electrons. The summed E-state index contributed by atoms with van der Waals surface area (Å²) in [6.07, 6.45) is 1.51. The monoisotopic (exact) mass is 406 g/mol. The van der Waals surface area contributed by atoms with Crippen LogP contribution in [0.5, 0.6) is 0 Å². The van der Waals surface area contributed by atoms with Crippen molar-refractivity contribution in [1.82, 2.24) is 4.57 Å². The van der Waals surface area contributed by atoms with Gasteiger partial charge in [-0.1, -0.05) is 46.9 Å². The lowest BCUT2D eigenvalue weighted by Crippen LogP contribution is -2.22. The number of halogens is 3. The maximum atomic E-state index is 12.5. The molecular weight excluding hydrogens is 395 g/mol. The van der Waals surface area contributed by atoms with Crippen molar-refractivity contribution in [1.29, 1.82) is 0 Å². The molecule has 3 aromatic rings. The summed E-state index contributed by atoms with van der Waals surface area (Å²) in [6.45, 7) is 0.332. The van der Waals surface area contributed by atoms with E-state index in [-0.39, 0.29) is 11.5 Å². The standard InChI is InChI=1S/C19H13Cl3N2O2/c20-14-4-1-12(2-5-14)10-24-11-13(3-8-18(24)25)19(26)23-17-7-6-15(21)9-16(17)22/h1-9,11H,10H2,(H,23,26). The van der Waals surface area contributed by atoms with Gasteiger partial charge in [0.15, 0.2) is 0 Å². The van der Waals surface area contributed by atoms with Gasteiger partial charge in [-0.3, -0.25) is 9.59 Å². The third-order valence-electron chi connectivity index (χ3n) is 3.69. The van der Waals surface area contributed by atoms with Crippen molar-refractivity contribution in [2.24, 2.45) is 0 Å². The quantitative estimate of drug-likeness (QED) is 0.653. The topological polar surface area (TPSA) is 51.1 Å². The molecule has 0 atom stereocenters. The molecular formula is C19H13Cl3N2O2. The zero-order chi connectivity index (χ0) is 18.7. The van der Waals surface area contributed by atoms with Gasteiger partial charge in [-0.2, -0.15) is 0 Å². The molecule has 4 nitrogen and oxygen atoms in total. The summed E-state index contributed by atoms with van der Waals surface area (Å²) in [5.74, 6) is -0.376. The summed E-state index contributed by atoms with van der Waals surface area (Å²) in [5.41, 5.74) is 1.47. The second kappa shape index (κ2) is 7.96. The van der Waals surface area contributed by atoms with Gasteiger partial charge in [0.1, 0.15) is 0 Å². The van der Waals surface area contributed by atoms with E-state index in [4.69, 9.17) is 34.8 Å². The molecule has 3 rings (SSSR count). The first-order valence-corrected chi connectivity index (χ1v) is 8.77. The first-order valence-electron chi connectivity index (χ1n) is 7.64. The van der Waals surface area contributed by atoms with E-state index >= 15 is 0 Å². The summed E-state index contributed by atoms with van der Waals surface area (Å²) < 4.78 is 1.46. The fraction of sp³-hybridized carbons (Fsp3) is 0.0526. The second-order valence-electron chi connectivity index (χ2n) is 5.59. The number of aromatic nitrogens is 1. The SMILES string of the molecule is O=C(Nc1ccc(Cl)cc1Cl)c1ccc(=O)n(Cc2ccc(Cl)cc2)c1. The average molecular weight is 408 g/mol. The van der Waals surface area contributed by atoms with Crippen LogP contribution in [0.25, 0.3) is 0 Å². The molecule has 0 unspecified atom stereocenters. The Labute approximate surface area is 164 Å². The molecule has 1 N–H and O–H groups in total. The minimum absolute atomic E-state index is 0.207. The smallest absolute Gasteiger partial charge is 0.257 e. The van der Waals surface area contributed by atoms with Crippen LogP contribution in [0, 0.1) is 0 Å². The van der Waals surface area contributed by atoms with Gasteiger partial charge in [0, 0.05) is 22.3 Å². The molecule has 7 heteroatoms. The maximum Gasteiger partial charge on any atom is 0.257 e. The van der Waals surface area contributed by atoms with Crippen LogP contribution in [-0.4, -0.2) is 10.5 Å². The predicted octanol–water partition coefficient (Wildman–Crippen LogP) is 5.11. The van der Waals surface area contributed by atoms with Gasteiger partial charge in [0.2, 0.25) is 0 Å². The molecule has 0 aliphatic carbocycles. The van der Waals surface area contributed by atoms with Gasteiger partial charge in [-0.15, -0.1) is 0 Å². The largest absolute Gasteiger partial charge is 0.321 e. The van der Waals surface area contributed by atoms with Crippen molar-refractivity contribution >= 4 is 46.4 Å². The molecule has 0 aliphatic heterocycles. The van der Waals surface area contributed by atoms with Crippen LogP contribution >= 0.6 is 34.8 Å². The van der Waals surface area contributed by atoms with Gasteiger partial charge in [0.25, 0.3) is 11.5 Å². The van der Waals surface area contributed by atoms with Gasteiger partial charge in [-0.05, 0) is 42.0 Å². The Balaban J connectivity index is 1.83. The number of benzene rings is 2. The molecule has 0 spiro atoms. The summed E-state index contributed by atoms with van der Waals surface area (Å²) >= 11 is 17.8. The van der Waals surface area contributed by atoms with Crippen molar-refractivity contribution in [3.8, 4) is 0 Å². The van der Waals surface area contributed by atoms with Crippen molar-refractivity contribution in [2.75, 3.05) is 5.32 Å². The number of amides is 1. The number of carbonyl (C=O) groups excluding carboxylic acids is 1. The van der Waals surface area contributed by atoms with Crippen LogP contribution in [-0.2, 0) is 6.54 Å². The Bertz CT molecular complexity index is 1010. The highest BCUT2D eigenvalue weighted by Gasteiger charge is 2.11. The van der Waals surface area contributed by atoms with Gasteiger partial charge in [-0.25, -0.2) is 0 Å². The van der Waals surface area contributed by atoms with Gasteiger partial charge < -0.3 is 9.88 Å². The molecule has 26 heavy (non-hydrogen) atoms. The first-order chi connectivity index (χ1) is 12.4. The van der Waals surface area contributed by atoms with E-state index in [9.17, 15) is 9.59 Å². The molecule has 0 saturated carbocycles. The molecule has 0 fully saturated rings. The number of rotatable bonds is 4. The second-order valence-corrected chi connectivity index (χ2v) is 6.87. The summed E-state index contributed by atoms with van der Waals surface area (Å²) in [6, 6.07) is 14.8. The van der Waals surface area contributed by atoms with Gasteiger partial charge in [0.05, 0.1) is 22.8 Å². The normalized spacial score (nSPS) is 10.6. The highest BCUT2D eigenvalue weighted by atomic mass is 35.5. The van der Waals surface area contributed by atoms with Crippen LogP contribution in [0.4, 0.5) is 5.69 Å². The Kier molecular flexibility index (Phi) is 5.67. The van der Waals surface area contributed by atoms with E-state index < -0.39 is 0 Å². The van der Waals surface area contributed by atoms with Crippen molar-refractivity contribution in [3.63, 3.8) is 0 Å². The van der Waals surface area contributed by atoms with Crippen LogP contribution in [0.15, 0.2) is 65.6 Å². The van der Waals surface area contributed by atoms with Crippen LogP contribution < -0.4 is 10.9 Å². The number of nitrogens with one attached hydrogen (secondary N) is 1. The van der Waals surface area contributed by atoms with Crippen molar-refractivity contribution in [3.05, 3.63) is 97.3 Å². The third kappa shape index (κ3) is 4.47. The molecule has 0 saturated heterocycles. The molecule has 1 heterocycles. The maximum absolute atomic E-state index is 12.5. The Hall–Kier alpha value is -2.27. The van der Waals surface area contributed by atoms with Gasteiger partial charge >= 0.3 is 0 Å². The Morgan fingerprint density at radius 3 is 2.31 bits per heavy atom. The van der Waals surface area contributed by atoms with Crippen LogP contribution in [0.2, 0.25) is 15.1 Å². The number of carbonyl (C=O) groups is 1. The molecule has 2 aromatic carbocycles. The lowest BCUT2D eigenvalue weighted by atomic mass is 10.2. The van der Waals surface area contributed by atoms with E-state index in [1.165, 1.54) is 22.9 Å². The Morgan fingerprint density at radius 2 is 1.62 bits per heavy atom. The minimum Gasteiger partial charge on any atom is -0.321 e. The third-order valence-corrected chi connectivity index (χ3v) is 4.49. The van der Waals surface area contributed by atoms with Crippen LogP contribution in [0.1, 0.15) is 15.9 Å². The van der Waals surface area contributed by atoms with Crippen LogP contribution in [0.3, 0.4) is 0 Å². The number of hydrogen-bond donors (Lipinski definition) is 1. The first kappa shape index (κ1) is 18.5. The fourth-order valence-corrected chi connectivity index (χ4v) is 2.94. The highest BCUT2D eigenvalue weighted by Crippen LogP contribution is 2.25. The number of nitrogens with zero attached hydrogens (tertiary/aromatic N) is 1. The fourth-order valence-electron chi connectivity index (χ4n) is 2.36. The molecule has 1 amide bonds. The average Bonchev–Trinajstić information content (AvgIpc) is 2.61. The van der Waals surface area contributed by atoms with E-state index in [1.807, 2.05) is 12.1 Å². The van der Waals surface area contributed by atoms with Crippen molar-refractivity contribution < 1.29 is 4.79 Å². The van der Waals surface area contributed by atoms with E-state index in [0.29, 0.717) is 32.9 Å². The number of pyridine rings is 1. The summed E-state index contributed by atoms with van der Waals surface area (Å²) in [5, 5.41) is 4.14. The lowest BCUT2D eigenvalue weighted by molar-refractivity contribution is 0.102. The summed E-state index contributed by atoms with van der Waals surface area (Å²) in [7, 11) is 0. The number of anilines is 1. The zero-order valence-corrected chi connectivity index (χ0v) is 15.6. The molecule has 1 aromatic heterocycles. The molecule has 0 bridgehead atoms. The molecule has 0 radical (unpaired) electrons. The van der Waals surface area contributed by atoms with Crippen molar-refractivity contribution in [2.45, 2.75) is 6.54 Å². The number of hydrogen-bond acceptors (Lipinski definition) is 2.